The largest absolute Gasteiger partial charge is 0.335 e. The molecular formula is C18H13BrN2O3. The van der Waals surface area contributed by atoms with Crippen LogP contribution >= 0.6 is 15.9 Å². The number of hydrogen-bond donors (Lipinski definition) is 1. The Morgan fingerprint density at radius 2 is 1.75 bits per heavy atom. The number of urea groups is 1. The average Bonchev–Trinajstić information content (AvgIpc) is 2.53. The van der Waals surface area contributed by atoms with Crippen molar-refractivity contribution in [2.45, 2.75) is 6.92 Å². The third kappa shape index (κ3) is 3.14. The van der Waals surface area contributed by atoms with Gasteiger partial charge in [0.25, 0.3) is 11.8 Å². The number of benzene rings is 2. The monoisotopic (exact) mass is 384 g/mol. The molecule has 1 heterocycles. The molecule has 1 fully saturated rings. The summed E-state index contributed by atoms with van der Waals surface area (Å²) >= 11 is 3.30. The first-order valence-electron chi connectivity index (χ1n) is 7.19. The molecule has 0 unspecified atom stereocenters. The molecule has 1 saturated heterocycles. The molecule has 0 saturated carbocycles. The molecule has 2 aromatic carbocycles. The Bertz CT molecular complexity index is 872. The van der Waals surface area contributed by atoms with Crippen molar-refractivity contribution < 1.29 is 14.4 Å². The van der Waals surface area contributed by atoms with Gasteiger partial charge in [-0.25, -0.2) is 9.69 Å². The van der Waals surface area contributed by atoms with Crippen LogP contribution in [-0.2, 0) is 9.59 Å². The first kappa shape index (κ1) is 16.1. The topological polar surface area (TPSA) is 66.5 Å². The van der Waals surface area contributed by atoms with Crippen molar-refractivity contribution in [3.05, 3.63) is 69.7 Å². The highest BCUT2D eigenvalue weighted by molar-refractivity contribution is 9.10. The van der Waals surface area contributed by atoms with Crippen LogP contribution in [0, 0.1) is 6.92 Å². The fraction of sp³-hybridized carbons (Fsp3) is 0.0556. The average molecular weight is 385 g/mol. The van der Waals surface area contributed by atoms with Crippen LogP contribution < -0.4 is 10.2 Å². The van der Waals surface area contributed by atoms with Gasteiger partial charge in [-0.2, -0.15) is 0 Å². The highest BCUT2D eigenvalue weighted by Crippen LogP contribution is 2.23. The van der Waals surface area contributed by atoms with E-state index in [-0.39, 0.29) is 5.57 Å². The molecule has 0 aliphatic carbocycles. The number of carbonyl (C=O) groups is 3. The molecule has 1 N–H and O–H groups in total. The molecule has 0 radical (unpaired) electrons. The van der Waals surface area contributed by atoms with Crippen LogP contribution in [0.25, 0.3) is 6.08 Å². The molecule has 0 atom stereocenters. The molecular weight excluding hydrogens is 372 g/mol. The minimum atomic E-state index is -0.756. The third-order valence-electron chi connectivity index (χ3n) is 3.54. The van der Waals surface area contributed by atoms with Crippen molar-refractivity contribution in [3.63, 3.8) is 0 Å². The van der Waals surface area contributed by atoms with Crippen molar-refractivity contribution in [1.29, 1.82) is 0 Å². The number of halogens is 1. The molecule has 3 rings (SSSR count). The van der Waals surface area contributed by atoms with Crippen LogP contribution in [0.1, 0.15) is 11.1 Å². The molecule has 2 aromatic rings. The van der Waals surface area contributed by atoms with Gasteiger partial charge in [0, 0.05) is 4.47 Å². The van der Waals surface area contributed by atoms with Gasteiger partial charge in [-0.05, 0) is 42.8 Å². The predicted octanol–water partition coefficient (Wildman–Crippen LogP) is 3.42. The Morgan fingerprint density at radius 3 is 2.42 bits per heavy atom. The lowest BCUT2D eigenvalue weighted by atomic mass is 10.1. The van der Waals surface area contributed by atoms with E-state index in [4.69, 9.17) is 0 Å². The number of nitrogens with one attached hydrogen (secondary N) is 1. The van der Waals surface area contributed by atoms with Gasteiger partial charge in [-0.15, -0.1) is 0 Å². The van der Waals surface area contributed by atoms with E-state index in [0.29, 0.717) is 5.69 Å². The molecule has 24 heavy (non-hydrogen) atoms. The number of nitrogens with zero attached hydrogens (tertiary/aromatic N) is 1. The van der Waals surface area contributed by atoms with Crippen molar-refractivity contribution >= 4 is 45.5 Å². The van der Waals surface area contributed by atoms with E-state index >= 15 is 0 Å². The lowest BCUT2D eigenvalue weighted by Crippen LogP contribution is -2.54. The van der Waals surface area contributed by atoms with E-state index in [1.54, 1.807) is 30.3 Å². The Labute approximate surface area is 147 Å². The zero-order valence-electron chi connectivity index (χ0n) is 12.7. The van der Waals surface area contributed by atoms with Gasteiger partial charge >= 0.3 is 6.03 Å². The Balaban J connectivity index is 2.01. The minimum Gasteiger partial charge on any atom is -0.273 e. The molecule has 5 nitrogen and oxygen atoms in total. The van der Waals surface area contributed by atoms with Crippen LogP contribution in [0.5, 0.6) is 0 Å². The van der Waals surface area contributed by atoms with Crippen LogP contribution in [0.15, 0.2) is 58.6 Å². The quantitative estimate of drug-likeness (QED) is 0.637. The zero-order chi connectivity index (χ0) is 17.3. The second-order valence-corrected chi connectivity index (χ2v) is 6.26. The Kier molecular flexibility index (Phi) is 4.31. The first-order valence-corrected chi connectivity index (χ1v) is 7.99. The maximum atomic E-state index is 12.7. The molecule has 0 spiro atoms. The zero-order valence-corrected chi connectivity index (χ0v) is 14.3. The number of barbiturate groups is 1. The van der Waals surface area contributed by atoms with Gasteiger partial charge in [-0.1, -0.05) is 45.8 Å². The van der Waals surface area contributed by atoms with Gasteiger partial charge < -0.3 is 0 Å². The van der Waals surface area contributed by atoms with Crippen LogP contribution in [0.2, 0.25) is 0 Å². The molecule has 4 amide bonds. The molecule has 6 heteroatoms. The van der Waals surface area contributed by atoms with Gasteiger partial charge in [0.1, 0.15) is 5.57 Å². The third-order valence-corrected chi connectivity index (χ3v) is 4.07. The molecule has 1 aliphatic rings. The molecule has 1 aliphatic heterocycles. The van der Waals surface area contributed by atoms with E-state index < -0.39 is 17.8 Å². The summed E-state index contributed by atoms with van der Waals surface area (Å²) in [4.78, 5) is 37.8. The van der Waals surface area contributed by atoms with Crippen molar-refractivity contribution in [2.75, 3.05) is 4.90 Å². The smallest absolute Gasteiger partial charge is 0.273 e. The number of carbonyl (C=O) groups excluding carboxylic acids is 3. The Morgan fingerprint density at radius 1 is 1.04 bits per heavy atom. The maximum Gasteiger partial charge on any atom is 0.335 e. The summed E-state index contributed by atoms with van der Waals surface area (Å²) in [5.41, 5.74) is 2.04. The lowest BCUT2D eigenvalue weighted by molar-refractivity contribution is -0.122. The SMILES string of the molecule is Cc1cccc(C=C2C(=O)NC(=O)N(c3ccc(Br)cc3)C2=O)c1. The van der Waals surface area contributed by atoms with E-state index in [0.717, 1.165) is 20.5 Å². The van der Waals surface area contributed by atoms with E-state index in [1.165, 1.54) is 6.08 Å². The van der Waals surface area contributed by atoms with Gasteiger partial charge in [0.2, 0.25) is 0 Å². The maximum absolute atomic E-state index is 12.7. The number of hydrogen-bond acceptors (Lipinski definition) is 3. The molecule has 0 aromatic heterocycles. The van der Waals surface area contributed by atoms with Gasteiger partial charge in [0.05, 0.1) is 5.69 Å². The normalized spacial score (nSPS) is 16.5. The summed E-state index contributed by atoms with van der Waals surface area (Å²) in [6, 6.07) is 13.3. The fourth-order valence-corrected chi connectivity index (χ4v) is 2.67. The number of anilines is 1. The minimum absolute atomic E-state index is 0.0804. The van der Waals surface area contributed by atoms with Crippen LogP contribution in [-0.4, -0.2) is 17.8 Å². The highest BCUT2D eigenvalue weighted by atomic mass is 79.9. The predicted molar refractivity (Wildman–Crippen MR) is 94.3 cm³/mol. The van der Waals surface area contributed by atoms with E-state index in [2.05, 4.69) is 21.2 Å². The summed E-state index contributed by atoms with van der Waals surface area (Å²) in [5.74, 6) is -1.34. The number of rotatable bonds is 2. The van der Waals surface area contributed by atoms with Crippen molar-refractivity contribution in [3.8, 4) is 0 Å². The number of imide groups is 2. The van der Waals surface area contributed by atoms with E-state index in [9.17, 15) is 14.4 Å². The summed E-state index contributed by atoms with van der Waals surface area (Å²) in [5, 5.41) is 2.21. The fourth-order valence-electron chi connectivity index (χ4n) is 2.41. The Hall–Kier alpha value is -2.73. The lowest BCUT2D eigenvalue weighted by Gasteiger charge is -2.26. The van der Waals surface area contributed by atoms with E-state index in [1.807, 2.05) is 25.1 Å². The van der Waals surface area contributed by atoms with Gasteiger partial charge in [-0.3, -0.25) is 14.9 Å². The molecule has 120 valence electrons. The standard InChI is InChI=1S/C18H13BrN2O3/c1-11-3-2-4-12(9-11)10-15-16(22)20-18(24)21(17(15)23)14-7-5-13(19)6-8-14/h2-10H,1H3,(H,20,22,24). The molecule has 0 bridgehead atoms. The van der Waals surface area contributed by atoms with Crippen LogP contribution in [0.3, 0.4) is 0 Å². The highest BCUT2D eigenvalue weighted by Gasteiger charge is 2.36. The number of amides is 4. The first-order chi connectivity index (χ1) is 11.5. The van der Waals surface area contributed by atoms with Crippen LogP contribution in [0.4, 0.5) is 10.5 Å². The summed E-state index contributed by atoms with van der Waals surface area (Å²) < 4.78 is 0.822. The summed E-state index contributed by atoms with van der Waals surface area (Å²) in [7, 11) is 0. The van der Waals surface area contributed by atoms with Crippen molar-refractivity contribution in [1.82, 2.24) is 5.32 Å². The second-order valence-electron chi connectivity index (χ2n) is 5.35. The second kappa shape index (κ2) is 6.41. The van der Waals surface area contributed by atoms with Gasteiger partial charge in [0.15, 0.2) is 0 Å². The number of aryl methyl sites for hydroxylation is 1. The van der Waals surface area contributed by atoms with Crippen molar-refractivity contribution in [2.24, 2.45) is 0 Å². The summed E-state index contributed by atoms with van der Waals surface area (Å²) in [6.45, 7) is 1.92. The summed E-state index contributed by atoms with van der Waals surface area (Å²) in [6.07, 6.45) is 1.49.